The van der Waals surface area contributed by atoms with E-state index in [1.807, 2.05) is 30.3 Å². The molecule has 5 nitrogen and oxygen atoms in total. The summed E-state index contributed by atoms with van der Waals surface area (Å²) >= 11 is 5.62. The number of fused-ring (bicyclic) bond motifs is 1. The number of primary sulfonamides is 1. The minimum atomic E-state index is -3.67. The second-order valence-electron chi connectivity index (χ2n) is 7.33. The fraction of sp³-hybridized carbons (Fsp3) is 0.273. The molecule has 0 aliphatic heterocycles. The first-order chi connectivity index (χ1) is 13.9. The van der Waals surface area contributed by atoms with Gasteiger partial charge < -0.3 is 4.57 Å². The number of rotatable bonds is 5. The summed E-state index contributed by atoms with van der Waals surface area (Å²) in [5.41, 5.74) is 4.60. The molecule has 0 radical (unpaired) electrons. The first-order valence-electron chi connectivity index (χ1n) is 9.73. The summed E-state index contributed by atoms with van der Waals surface area (Å²) < 4.78 is 26.0. The van der Waals surface area contributed by atoms with Crippen LogP contribution in [-0.2, 0) is 35.8 Å². The molecule has 29 heavy (non-hydrogen) atoms. The van der Waals surface area contributed by atoms with Crippen LogP contribution in [0.3, 0.4) is 0 Å². The highest BCUT2D eigenvalue weighted by Gasteiger charge is 2.19. The van der Waals surface area contributed by atoms with Gasteiger partial charge in [0.05, 0.1) is 4.90 Å². The maximum atomic E-state index is 11.5. The van der Waals surface area contributed by atoms with Gasteiger partial charge in [0.1, 0.15) is 10.5 Å². The third kappa shape index (κ3) is 4.32. The molecule has 3 aromatic rings. The molecule has 1 aromatic heterocycles. The van der Waals surface area contributed by atoms with Gasteiger partial charge in [-0.15, -0.1) is 0 Å². The predicted octanol–water partition coefficient (Wildman–Crippen LogP) is 4.05. The lowest BCUT2D eigenvalue weighted by Gasteiger charge is -2.24. The van der Waals surface area contributed by atoms with Crippen molar-refractivity contribution in [2.45, 2.75) is 43.5 Å². The van der Waals surface area contributed by atoms with Crippen LogP contribution in [0, 0.1) is 4.64 Å². The molecule has 7 heteroatoms. The Bertz CT molecular complexity index is 1190. The van der Waals surface area contributed by atoms with Crippen molar-refractivity contribution in [1.82, 2.24) is 9.55 Å². The molecule has 1 heterocycles. The van der Waals surface area contributed by atoms with Gasteiger partial charge in [-0.1, -0.05) is 54.7 Å². The molecule has 150 valence electrons. The van der Waals surface area contributed by atoms with E-state index in [-0.39, 0.29) is 4.90 Å². The van der Waals surface area contributed by atoms with E-state index in [0.29, 0.717) is 4.64 Å². The van der Waals surface area contributed by atoms with Crippen LogP contribution in [0.1, 0.15) is 29.7 Å². The third-order valence-electron chi connectivity index (χ3n) is 5.39. The molecule has 1 aliphatic rings. The van der Waals surface area contributed by atoms with E-state index in [9.17, 15) is 8.42 Å². The molecule has 0 unspecified atom stereocenters. The van der Waals surface area contributed by atoms with Gasteiger partial charge in [0.25, 0.3) is 0 Å². The van der Waals surface area contributed by atoms with Crippen molar-refractivity contribution in [3.8, 4) is 11.4 Å². The number of nitrogens with zero attached hydrogens (tertiary/aromatic N) is 2. The first-order valence-corrected chi connectivity index (χ1v) is 11.7. The number of aryl methyl sites for hydroxylation is 1. The Kier molecular flexibility index (Phi) is 5.63. The van der Waals surface area contributed by atoms with Gasteiger partial charge in [-0.25, -0.2) is 18.5 Å². The fourth-order valence-electron chi connectivity index (χ4n) is 3.90. The zero-order valence-corrected chi connectivity index (χ0v) is 17.7. The number of hydrogen-bond donors (Lipinski definition) is 1. The largest absolute Gasteiger partial charge is 0.329 e. The van der Waals surface area contributed by atoms with E-state index in [1.54, 1.807) is 12.1 Å². The second-order valence-corrected chi connectivity index (χ2v) is 9.28. The van der Waals surface area contributed by atoms with Crippen molar-refractivity contribution < 1.29 is 8.42 Å². The van der Waals surface area contributed by atoms with Crippen LogP contribution in [-0.4, -0.2) is 18.0 Å². The summed E-state index contributed by atoms with van der Waals surface area (Å²) in [7, 11) is -3.67. The van der Waals surface area contributed by atoms with Crippen LogP contribution in [0.5, 0.6) is 0 Å². The summed E-state index contributed by atoms with van der Waals surface area (Å²) in [6, 6.07) is 16.9. The highest BCUT2D eigenvalue weighted by atomic mass is 32.2. The normalized spacial score (nSPS) is 13.8. The van der Waals surface area contributed by atoms with Crippen LogP contribution < -0.4 is 5.14 Å². The SMILES string of the molecule is NS(=O)(=O)c1ccc(CCn2c(-c3ccccc3)nc(=S)c3c2CCCC3)cc1. The van der Waals surface area contributed by atoms with E-state index in [2.05, 4.69) is 16.7 Å². The monoisotopic (exact) mass is 425 g/mol. The Morgan fingerprint density at radius 3 is 2.38 bits per heavy atom. The lowest BCUT2D eigenvalue weighted by molar-refractivity contribution is 0.577. The lowest BCUT2D eigenvalue weighted by atomic mass is 9.96. The van der Waals surface area contributed by atoms with Crippen LogP contribution in [0.2, 0.25) is 0 Å². The molecule has 0 spiro atoms. The Morgan fingerprint density at radius 1 is 1.00 bits per heavy atom. The molecule has 0 amide bonds. The van der Waals surface area contributed by atoms with Crippen molar-refractivity contribution in [3.63, 3.8) is 0 Å². The minimum Gasteiger partial charge on any atom is -0.329 e. The minimum absolute atomic E-state index is 0.133. The molecule has 2 aromatic carbocycles. The van der Waals surface area contributed by atoms with Gasteiger partial charge in [0.2, 0.25) is 10.0 Å². The number of benzene rings is 2. The molecular weight excluding hydrogens is 402 g/mol. The Morgan fingerprint density at radius 2 is 1.69 bits per heavy atom. The molecule has 0 atom stereocenters. The smallest absolute Gasteiger partial charge is 0.238 e. The molecule has 1 aliphatic carbocycles. The average Bonchev–Trinajstić information content (AvgIpc) is 2.73. The summed E-state index contributed by atoms with van der Waals surface area (Å²) in [5.74, 6) is 0.900. The standard InChI is InChI=1S/C22H23N3O2S2/c23-29(26,27)18-12-10-16(11-13-18)14-15-25-20-9-5-4-8-19(20)22(28)24-21(25)17-6-2-1-3-7-17/h1-3,6-7,10-13H,4-5,8-9,14-15H2,(H2,23,26,27). The summed E-state index contributed by atoms with van der Waals surface area (Å²) in [5, 5.41) is 5.20. The topological polar surface area (TPSA) is 78.0 Å². The first kappa shape index (κ1) is 19.9. The fourth-order valence-corrected chi connectivity index (χ4v) is 4.73. The van der Waals surface area contributed by atoms with E-state index in [4.69, 9.17) is 22.3 Å². The predicted molar refractivity (Wildman–Crippen MR) is 117 cm³/mol. The lowest BCUT2D eigenvalue weighted by Crippen LogP contribution is -2.19. The maximum Gasteiger partial charge on any atom is 0.238 e. The highest BCUT2D eigenvalue weighted by molar-refractivity contribution is 7.89. The van der Waals surface area contributed by atoms with Gasteiger partial charge in [-0.2, -0.15) is 0 Å². The van der Waals surface area contributed by atoms with Gasteiger partial charge in [0, 0.05) is 23.4 Å². The van der Waals surface area contributed by atoms with E-state index >= 15 is 0 Å². The molecule has 2 N–H and O–H groups in total. The number of hydrogen-bond acceptors (Lipinski definition) is 4. The van der Waals surface area contributed by atoms with Gasteiger partial charge >= 0.3 is 0 Å². The van der Waals surface area contributed by atoms with Crippen molar-refractivity contribution in [3.05, 3.63) is 76.1 Å². The maximum absolute atomic E-state index is 11.5. The molecular formula is C22H23N3O2S2. The van der Waals surface area contributed by atoms with Crippen LogP contribution in [0.4, 0.5) is 0 Å². The third-order valence-corrected chi connectivity index (χ3v) is 6.66. The summed E-state index contributed by atoms with van der Waals surface area (Å²) in [6.07, 6.45) is 5.06. The van der Waals surface area contributed by atoms with E-state index in [1.165, 1.54) is 11.3 Å². The van der Waals surface area contributed by atoms with E-state index < -0.39 is 10.0 Å². The summed E-state index contributed by atoms with van der Waals surface area (Å²) in [4.78, 5) is 4.93. The van der Waals surface area contributed by atoms with Gasteiger partial charge in [0.15, 0.2) is 0 Å². The molecule has 0 fully saturated rings. The van der Waals surface area contributed by atoms with Crippen molar-refractivity contribution in [2.24, 2.45) is 5.14 Å². The molecule has 0 bridgehead atoms. The van der Waals surface area contributed by atoms with Gasteiger partial charge in [-0.05, 0) is 49.8 Å². The second kappa shape index (κ2) is 8.18. The van der Waals surface area contributed by atoms with Gasteiger partial charge in [-0.3, -0.25) is 0 Å². The molecule has 0 saturated carbocycles. The zero-order chi connectivity index (χ0) is 20.4. The zero-order valence-electron chi connectivity index (χ0n) is 16.0. The molecule has 0 saturated heterocycles. The Balaban J connectivity index is 1.71. The number of nitrogens with two attached hydrogens (primary N) is 1. The van der Waals surface area contributed by atoms with Crippen molar-refractivity contribution in [2.75, 3.05) is 0 Å². The Labute approximate surface area is 176 Å². The van der Waals surface area contributed by atoms with Crippen LogP contribution >= 0.6 is 12.2 Å². The van der Waals surface area contributed by atoms with E-state index in [0.717, 1.165) is 55.6 Å². The van der Waals surface area contributed by atoms with Crippen LogP contribution in [0.25, 0.3) is 11.4 Å². The van der Waals surface area contributed by atoms with Crippen molar-refractivity contribution >= 4 is 22.2 Å². The van der Waals surface area contributed by atoms with Crippen LogP contribution in [0.15, 0.2) is 59.5 Å². The van der Waals surface area contributed by atoms with Crippen molar-refractivity contribution in [1.29, 1.82) is 0 Å². The number of aromatic nitrogens is 2. The Hall–Kier alpha value is -2.35. The summed E-state index contributed by atoms with van der Waals surface area (Å²) in [6.45, 7) is 0.754. The average molecular weight is 426 g/mol. The highest BCUT2D eigenvalue weighted by Crippen LogP contribution is 2.27. The quantitative estimate of drug-likeness (QED) is 0.626. The number of sulfonamides is 1. The molecule has 4 rings (SSSR count).